The minimum Gasteiger partial charge on any atom is -0.500 e. The van der Waals surface area contributed by atoms with Crippen LogP contribution in [0.4, 0.5) is 0 Å². The first kappa shape index (κ1) is 17.5. The summed E-state index contributed by atoms with van der Waals surface area (Å²) in [7, 11) is 3.03. The van der Waals surface area contributed by atoms with Gasteiger partial charge in [0.25, 0.3) is 11.8 Å². The fourth-order valence-corrected chi connectivity index (χ4v) is 2.87. The maximum Gasteiger partial charge on any atom is 0.273 e. The number of carbonyl (C=O) groups is 2. The zero-order valence-corrected chi connectivity index (χ0v) is 14.7. The molecule has 0 saturated heterocycles. The fourth-order valence-electron chi connectivity index (χ4n) is 2.87. The predicted molar refractivity (Wildman–Crippen MR) is 98.5 cm³/mol. The van der Waals surface area contributed by atoms with E-state index in [1.165, 1.54) is 14.2 Å². The molecular formula is C20H20N2O4. The molecule has 26 heavy (non-hydrogen) atoms. The van der Waals surface area contributed by atoms with Crippen molar-refractivity contribution in [3.8, 4) is 5.75 Å². The van der Waals surface area contributed by atoms with Gasteiger partial charge in [-0.05, 0) is 35.4 Å². The second-order valence-electron chi connectivity index (χ2n) is 5.79. The monoisotopic (exact) mass is 352 g/mol. The Morgan fingerprint density at radius 2 is 1.65 bits per heavy atom. The third kappa shape index (κ3) is 3.54. The van der Waals surface area contributed by atoms with Gasteiger partial charge in [-0.2, -0.15) is 0 Å². The van der Waals surface area contributed by atoms with E-state index >= 15 is 0 Å². The number of amides is 2. The lowest BCUT2D eigenvalue weighted by Crippen LogP contribution is -2.42. The van der Waals surface area contributed by atoms with Gasteiger partial charge >= 0.3 is 0 Å². The van der Waals surface area contributed by atoms with Crippen LogP contribution in [0.1, 0.15) is 23.2 Å². The summed E-state index contributed by atoms with van der Waals surface area (Å²) >= 11 is 0. The number of methoxy groups -OCH3 is 2. The van der Waals surface area contributed by atoms with Gasteiger partial charge in [-0.1, -0.05) is 30.3 Å². The van der Waals surface area contributed by atoms with Crippen LogP contribution in [0.2, 0.25) is 0 Å². The van der Waals surface area contributed by atoms with Gasteiger partial charge in [0.05, 0.1) is 25.4 Å². The molecule has 0 heterocycles. The summed E-state index contributed by atoms with van der Waals surface area (Å²) in [6, 6.07) is 11.2. The van der Waals surface area contributed by atoms with Crippen molar-refractivity contribution in [3.05, 3.63) is 65.4 Å². The molecule has 0 saturated carbocycles. The molecule has 1 aliphatic rings. The van der Waals surface area contributed by atoms with Crippen molar-refractivity contribution in [1.29, 1.82) is 0 Å². The first-order valence-electron chi connectivity index (χ1n) is 8.25. The van der Waals surface area contributed by atoms with E-state index in [1.807, 2.05) is 30.3 Å². The topological polar surface area (TPSA) is 76.7 Å². The lowest BCUT2D eigenvalue weighted by Gasteiger charge is -2.15. The van der Waals surface area contributed by atoms with Crippen LogP contribution in [-0.4, -0.2) is 26.0 Å². The van der Waals surface area contributed by atoms with E-state index < -0.39 is 11.8 Å². The van der Waals surface area contributed by atoms with Crippen LogP contribution < -0.4 is 15.6 Å². The molecule has 0 bridgehead atoms. The van der Waals surface area contributed by atoms with Crippen LogP contribution in [0.5, 0.6) is 5.75 Å². The van der Waals surface area contributed by atoms with Crippen molar-refractivity contribution in [2.45, 2.75) is 12.8 Å². The Morgan fingerprint density at radius 3 is 2.35 bits per heavy atom. The number of hydrogen-bond acceptors (Lipinski definition) is 4. The van der Waals surface area contributed by atoms with Crippen LogP contribution in [0.25, 0.3) is 10.8 Å². The number of carbonyl (C=O) groups excluding carboxylic acids is 2. The van der Waals surface area contributed by atoms with Gasteiger partial charge in [-0.25, -0.2) is 0 Å². The van der Waals surface area contributed by atoms with E-state index in [0.717, 1.165) is 17.2 Å². The fraction of sp³-hybridized carbons (Fsp3) is 0.200. The van der Waals surface area contributed by atoms with E-state index in [4.69, 9.17) is 9.47 Å². The molecule has 6 nitrogen and oxygen atoms in total. The summed E-state index contributed by atoms with van der Waals surface area (Å²) in [5.74, 6) is 0.151. The molecule has 6 heteroatoms. The second kappa shape index (κ2) is 7.74. The Labute approximate surface area is 151 Å². The smallest absolute Gasteiger partial charge is 0.273 e. The van der Waals surface area contributed by atoms with Gasteiger partial charge in [0.1, 0.15) is 11.5 Å². The van der Waals surface area contributed by atoms with Gasteiger partial charge in [0.15, 0.2) is 0 Å². The van der Waals surface area contributed by atoms with Crippen LogP contribution in [0.3, 0.4) is 0 Å². The highest BCUT2D eigenvalue weighted by Crippen LogP contribution is 2.26. The van der Waals surface area contributed by atoms with Gasteiger partial charge in [-0.3, -0.25) is 20.4 Å². The number of hydrazine groups is 1. The second-order valence-corrected chi connectivity index (χ2v) is 5.79. The first-order valence-corrected chi connectivity index (χ1v) is 8.25. The molecule has 0 spiro atoms. The normalized spacial score (nSPS) is 13.5. The number of rotatable bonds is 4. The van der Waals surface area contributed by atoms with Gasteiger partial charge in [0.2, 0.25) is 0 Å². The lowest BCUT2D eigenvalue weighted by atomic mass is 10.0. The highest BCUT2D eigenvalue weighted by molar-refractivity contribution is 6.04. The quantitative estimate of drug-likeness (QED) is 0.830. The van der Waals surface area contributed by atoms with E-state index in [0.29, 0.717) is 29.1 Å². The van der Waals surface area contributed by atoms with E-state index in [2.05, 4.69) is 10.9 Å². The maximum absolute atomic E-state index is 12.5. The van der Waals surface area contributed by atoms with E-state index in [-0.39, 0.29) is 0 Å². The summed E-state index contributed by atoms with van der Waals surface area (Å²) in [5.41, 5.74) is 5.62. The zero-order chi connectivity index (χ0) is 18.5. The molecule has 2 aromatic rings. The Balaban J connectivity index is 1.78. The number of nitrogens with one attached hydrogen (secondary N) is 2. The summed E-state index contributed by atoms with van der Waals surface area (Å²) < 4.78 is 10.6. The number of benzene rings is 2. The van der Waals surface area contributed by atoms with E-state index in [9.17, 15) is 9.59 Å². The molecule has 0 aliphatic heterocycles. The molecular weight excluding hydrogens is 332 g/mol. The summed E-state index contributed by atoms with van der Waals surface area (Å²) in [4.78, 5) is 24.9. The number of ether oxygens (including phenoxy) is 2. The largest absolute Gasteiger partial charge is 0.500 e. The highest BCUT2D eigenvalue weighted by Gasteiger charge is 2.18. The van der Waals surface area contributed by atoms with Gasteiger partial charge in [0, 0.05) is 6.42 Å². The van der Waals surface area contributed by atoms with Crippen molar-refractivity contribution >= 4 is 22.6 Å². The van der Waals surface area contributed by atoms with Crippen molar-refractivity contribution in [1.82, 2.24) is 10.9 Å². The Bertz CT molecular complexity index is 915. The van der Waals surface area contributed by atoms with Crippen molar-refractivity contribution in [2.24, 2.45) is 0 Å². The molecule has 0 fully saturated rings. The molecule has 2 N–H and O–H groups in total. The third-order valence-electron chi connectivity index (χ3n) is 4.22. The minimum atomic E-state index is -0.458. The summed E-state index contributed by atoms with van der Waals surface area (Å²) in [6.07, 6.45) is 5.06. The lowest BCUT2D eigenvalue weighted by molar-refractivity contribution is -0.118. The van der Waals surface area contributed by atoms with Crippen LogP contribution >= 0.6 is 0 Å². The number of hydrogen-bond donors (Lipinski definition) is 2. The molecule has 2 aromatic carbocycles. The Kier molecular flexibility index (Phi) is 5.22. The Morgan fingerprint density at radius 1 is 0.962 bits per heavy atom. The van der Waals surface area contributed by atoms with Crippen LogP contribution in [0.15, 0.2) is 59.9 Å². The highest BCUT2D eigenvalue weighted by atomic mass is 16.5. The third-order valence-corrected chi connectivity index (χ3v) is 4.22. The average molecular weight is 352 g/mol. The standard InChI is InChI=1S/C20H20N2O4/c1-25-17-10-6-5-9-15(17)19(23)21-22-20(24)16-11-13-7-3-4-8-14(13)12-18(16)26-2/h3-5,7-9,11-12H,6,10H2,1-2H3,(H,21,23)(H,22,24). The average Bonchev–Trinajstić information content (AvgIpc) is 2.70. The molecule has 0 atom stereocenters. The van der Waals surface area contributed by atoms with Crippen molar-refractivity contribution in [3.63, 3.8) is 0 Å². The Hall–Kier alpha value is -3.28. The molecule has 0 unspecified atom stereocenters. The van der Waals surface area contributed by atoms with Crippen molar-refractivity contribution < 1.29 is 19.1 Å². The number of fused-ring (bicyclic) bond motifs is 1. The summed E-state index contributed by atoms with van der Waals surface area (Å²) in [5, 5.41) is 1.87. The SMILES string of the molecule is COC1=C(C(=O)NNC(=O)c2cc3ccccc3cc2OC)C=CCC1. The van der Waals surface area contributed by atoms with Gasteiger partial charge in [-0.15, -0.1) is 0 Å². The van der Waals surface area contributed by atoms with E-state index in [1.54, 1.807) is 18.2 Å². The molecule has 1 aliphatic carbocycles. The summed E-state index contributed by atoms with van der Waals surface area (Å²) in [6.45, 7) is 0. The van der Waals surface area contributed by atoms with Crippen molar-refractivity contribution in [2.75, 3.05) is 14.2 Å². The minimum absolute atomic E-state index is 0.339. The zero-order valence-electron chi connectivity index (χ0n) is 14.7. The van der Waals surface area contributed by atoms with Crippen LogP contribution in [-0.2, 0) is 9.53 Å². The maximum atomic E-state index is 12.5. The molecule has 3 rings (SSSR count). The number of allylic oxidation sites excluding steroid dienone is 2. The molecule has 134 valence electrons. The van der Waals surface area contributed by atoms with Gasteiger partial charge < -0.3 is 9.47 Å². The molecule has 0 aromatic heterocycles. The molecule has 2 amide bonds. The predicted octanol–water partition coefficient (Wildman–Crippen LogP) is 2.86. The van der Waals surface area contributed by atoms with Crippen LogP contribution in [0, 0.1) is 0 Å². The first-order chi connectivity index (χ1) is 12.6. The molecule has 0 radical (unpaired) electrons.